The second-order valence-corrected chi connectivity index (χ2v) is 9.03. The lowest BCUT2D eigenvalue weighted by Gasteiger charge is -2.36. The number of carbonyl (C=O) groups excluding carboxylic acids is 1. The van der Waals surface area contributed by atoms with E-state index >= 15 is 0 Å². The van der Waals surface area contributed by atoms with Crippen LogP contribution < -0.4 is 10.2 Å². The first-order chi connectivity index (χ1) is 15.2. The third-order valence-electron chi connectivity index (χ3n) is 5.68. The van der Waals surface area contributed by atoms with Crippen LogP contribution >= 0.6 is 0 Å². The summed E-state index contributed by atoms with van der Waals surface area (Å²) in [5, 5.41) is 12.9. The number of pyridine rings is 1. The van der Waals surface area contributed by atoms with Crippen LogP contribution in [0.1, 0.15) is 55.0 Å². The molecular formula is C23H31N5O4. The predicted octanol–water partition coefficient (Wildman–Crippen LogP) is 2.08. The van der Waals surface area contributed by atoms with Gasteiger partial charge in [-0.3, -0.25) is 9.78 Å². The van der Waals surface area contributed by atoms with Gasteiger partial charge in [-0.25, -0.2) is 9.97 Å². The molecule has 0 bridgehead atoms. The molecule has 0 unspecified atom stereocenters. The number of fused-ring (bicyclic) bond motifs is 1. The summed E-state index contributed by atoms with van der Waals surface area (Å²) in [6.45, 7) is 9.95. The second kappa shape index (κ2) is 9.09. The smallest absolute Gasteiger partial charge is 0.257 e. The van der Waals surface area contributed by atoms with Crippen LogP contribution in [0.3, 0.4) is 0 Å². The van der Waals surface area contributed by atoms with Crippen molar-refractivity contribution in [3.05, 3.63) is 41.0 Å². The summed E-state index contributed by atoms with van der Waals surface area (Å²) in [6, 6.07) is 1.86. The zero-order chi connectivity index (χ0) is 22.9. The van der Waals surface area contributed by atoms with Gasteiger partial charge in [0.05, 0.1) is 43.5 Å². The molecule has 2 atom stereocenters. The van der Waals surface area contributed by atoms with E-state index in [-0.39, 0.29) is 18.1 Å². The van der Waals surface area contributed by atoms with Gasteiger partial charge in [0.25, 0.3) is 5.91 Å². The maximum atomic E-state index is 13.3. The van der Waals surface area contributed by atoms with Crippen molar-refractivity contribution in [3.8, 4) is 0 Å². The Bertz CT molecular complexity index is 964. The Morgan fingerprint density at radius 1 is 1.16 bits per heavy atom. The number of rotatable bonds is 4. The van der Waals surface area contributed by atoms with Crippen molar-refractivity contribution in [3.63, 3.8) is 0 Å². The first kappa shape index (κ1) is 22.6. The van der Waals surface area contributed by atoms with Crippen LogP contribution in [0.25, 0.3) is 0 Å². The van der Waals surface area contributed by atoms with Crippen LogP contribution in [0.15, 0.2) is 18.5 Å². The minimum atomic E-state index is -1.10. The highest BCUT2D eigenvalue weighted by Gasteiger charge is 2.27. The van der Waals surface area contributed by atoms with Gasteiger partial charge in [-0.2, -0.15) is 0 Å². The molecule has 0 aliphatic carbocycles. The zero-order valence-electron chi connectivity index (χ0n) is 19.1. The van der Waals surface area contributed by atoms with E-state index in [2.05, 4.69) is 20.2 Å². The number of hydrogen-bond donors (Lipinski definition) is 2. The number of hydrogen-bond acceptors (Lipinski definition) is 8. The van der Waals surface area contributed by atoms with Gasteiger partial charge in [0, 0.05) is 30.8 Å². The number of aromatic nitrogens is 3. The molecule has 9 nitrogen and oxygen atoms in total. The van der Waals surface area contributed by atoms with Crippen molar-refractivity contribution in [2.24, 2.45) is 0 Å². The maximum Gasteiger partial charge on any atom is 0.257 e. The summed E-state index contributed by atoms with van der Waals surface area (Å²) in [7, 11) is 0. The van der Waals surface area contributed by atoms with E-state index in [1.54, 1.807) is 13.8 Å². The van der Waals surface area contributed by atoms with Crippen LogP contribution in [0, 0.1) is 0 Å². The van der Waals surface area contributed by atoms with Crippen molar-refractivity contribution in [2.75, 3.05) is 36.5 Å². The van der Waals surface area contributed by atoms with Crippen molar-refractivity contribution in [2.45, 2.75) is 58.3 Å². The molecular weight excluding hydrogens is 410 g/mol. The number of carbonyl (C=O) groups is 1. The third kappa shape index (κ3) is 5.06. The topological polar surface area (TPSA) is 110 Å². The number of morpholine rings is 1. The number of ether oxygens (including phenoxy) is 2. The molecule has 1 amide bonds. The van der Waals surface area contributed by atoms with Gasteiger partial charge in [-0.05, 0) is 45.7 Å². The first-order valence-electron chi connectivity index (χ1n) is 11.1. The van der Waals surface area contributed by atoms with Crippen LogP contribution in [0.4, 0.5) is 11.6 Å². The Labute approximate surface area is 188 Å². The predicted molar refractivity (Wildman–Crippen MR) is 120 cm³/mol. The van der Waals surface area contributed by atoms with Gasteiger partial charge in [-0.1, -0.05) is 0 Å². The summed E-state index contributed by atoms with van der Waals surface area (Å²) < 4.78 is 11.5. The molecule has 32 heavy (non-hydrogen) atoms. The van der Waals surface area contributed by atoms with Crippen molar-refractivity contribution in [1.82, 2.24) is 15.0 Å². The van der Waals surface area contributed by atoms with Gasteiger partial charge >= 0.3 is 0 Å². The molecule has 0 spiro atoms. The molecule has 2 aliphatic rings. The second-order valence-electron chi connectivity index (χ2n) is 9.03. The molecule has 2 aromatic heterocycles. The van der Waals surface area contributed by atoms with E-state index in [4.69, 9.17) is 14.5 Å². The molecule has 2 aliphatic heterocycles. The first-order valence-corrected chi connectivity index (χ1v) is 11.1. The van der Waals surface area contributed by atoms with E-state index in [1.807, 2.05) is 19.9 Å². The van der Waals surface area contributed by atoms with E-state index in [9.17, 15) is 9.90 Å². The fourth-order valence-corrected chi connectivity index (χ4v) is 4.16. The van der Waals surface area contributed by atoms with Crippen LogP contribution in [-0.4, -0.2) is 64.5 Å². The number of nitrogens with one attached hydrogen (secondary N) is 1. The number of anilines is 2. The Kier molecular flexibility index (Phi) is 6.41. The lowest BCUT2D eigenvalue weighted by atomic mass is 10.0. The molecule has 2 N–H and O–H groups in total. The van der Waals surface area contributed by atoms with E-state index < -0.39 is 5.60 Å². The minimum Gasteiger partial charge on any atom is -0.384 e. The number of nitrogens with zero attached hydrogens (tertiary/aromatic N) is 4. The van der Waals surface area contributed by atoms with Crippen LogP contribution in [0.5, 0.6) is 0 Å². The molecule has 4 heterocycles. The van der Waals surface area contributed by atoms with E-state index in [0.29, 0.717) is 43.1 Å². The molecule has 2 aromatic rings. The largest absolute Gasteiger partial charge is 0.384 e. The van der Waals surface area contributed by atoms with Crippen molar-refractivity contribution in [1.29, 1.82) is 0 Å². The molecule has 4 rings (SSSR count). The third-order valence-corrected chi connectivity index (χ3v) is 5.68. The van der Waals surface area contributed by atoms with Gasteiger partial charge in [0.2, 0.25) is 0 Å². The molecule has 172 valence electrons. The molecule has 1 saturated heterocycles. The number of amides is 1. The SMILES string of the molecule is C[C@@H]1CN(c2cc(C(=O)Nc3cnc(C(C)(C)O)cn3)c3c(n2)CCOCC3)C[C@H](C)O1. The van der Waals surface area contributed by atoms with Crippen LogP contribution in [-0.2, 0) is 27.9 Å². The molecule has 1 fully saturated rings. The lowest BCUT2D eigenvalue weighted by molar-refractivity contribution is -0.00547. The average molecular weight is 442 g/mol. The maximum absolute atomic E-state index is 13.3. The Balaban J connectivity index is 1.64. The standard InChI is InChI=1S/C23H31N5O4/c1-14-12-28(13-15(2)32-14)21-9-17(16-5-7-31-8-6-18(16)26-21)22(29)27-20-11-24-19(10-25-20)23(3,4)30/h9-11,14-15,30H,5-8,12-13H2,1-4H3,(H,25,27,29)/t14-,15+. The van der Waals surface area contributed by atoms with Gasteiger partial charge in [0.1, 0.15) is 11.4 Å². The molecule has 9 heteroatoms. The van der Waals surface area contributed by atoms with Gasteiger partial charge < -0.3 is 24.8 Å². The molecule has 0 radical (unpaired) electrons. The van der Waals surface area contributed by atoms with Gasteiger partial charge in [0.15, 0.2) is 5.82 Å². The molecule has 0 aromatic carbocycles. The lowest BCUT2D eigenvalue weighted by Crippen LogP contribution is -2.46. The summed E-state index contributed by atoms with van der Waals surface area (Å²) in [4.78, 5) is 28.9. The summed E-state index contributed by atoms with van der Waals surface area (Å²) >= 11 is 0. The minimum absolute atomic E-state index is 0.0875. The van der Waals surface area contributed by atoms with E-state index in [0.717, 1.165) is 30.2 Å². The highest BCUT2D eigenvalue weighted by Crippen LogP contribution is 2.26. The fraction of sp³-hybridized carbons (Fsp3) is 0.565. The Hall–Kier alpha value is -2.62. The fourth-order valence-electron chi connectivity index (χ4n) is 4.16. The average Bonchev–Trinajstić information content (AvgIpc) is 2.97. The van der Waals surface area contributed by atoms with E-state index in [1.165, 1.54) is 12.4 Å². The monoisotopic (exact) mass is 441 g/mol. The quantitative estimate of drug-likeness (QED) is 0.742. The van der Waals surface area contributed by atoms with Crippen molar-refractivity contribution >= 4 is 17.5 Å². The van der Waals surface area contributed by atoms with Crippen LogP contribution in [0.2, 0.25) is 0 Å². The summed E-state index contributed by atoms with van der Waals surface area (Å²) in [5.74, 6) is 0.848. The summed E-state index contributed by atoms with van der Waals surface area (Å²) in [5.41, 5.74) is 1.73. The van der Waals surface area contributed by atoms with Gasteiger partial charge in [-0.15, -0.1) is 0 Å². The van der Waals surface area contributed by atoms with Crippen molar-refractivity contribution < 1.29 is 19.4 Å². The highest BCUT2D eigenvalue weighted by atomic mass is 16.5. The number of aliphatic hydroxyl groups is 1. The normalized spacial score (nSPS) is 21.6. The summed E-state index contributed by atoms with van der Waals surface area (Å²) in [6.07, 6.45) is 4.40. The zero-order valence-corrected chi connectivity index (χ0v) is 19.1. The Morgan fingerprint density at radius 3 is 2.53 bits per heavy atom. The Morgan fingerprint density at radius 2 is 1.88 bits per heavy atom. The molecule has 0 saturated carbocycles. The highest BCUT2D eigenvalue weighted by molar-refractivity contribution is 6.05.